The van der Waals surface area contributed by atoms with Crippen LogP contribution in [0.1, 0.15) is 22.8 Å². The molecule has 0 aliphatic heterocycles. The number of anilines is 2. The van der Waals surface area contributed by atoms with Crippen molar-refractivity contribution in [2.24, 2.45) is 0 Å². The molecule has 0 aliphatic carbocycles. The normalized spacial score (nSPS) is 10.9. The van der Waals surface area contributed by atoms with Gasteiger partial charge in [-0.25, -0.2) is 23.1 Å². The Kier molecular flexibility index (Phi) is 5.32. The first-order valence-electron chi connectivity index (χ1n) is 8.88. The number of benzene rings is 1. The van der Waals surface area contributed by atoms with E-state index in [1.165, 1.54) is 43.2 Å². The van der Waals surface area contributed by atoms with Crippen molar-refractivity contribution in [2.75, 3.05) is 4.90 Å². The standard InChI is InChI=1S/C20H14F3N5OS/c1-2-12-16(21)14(19-25-7-8-30-19)18(23)15(17(12)22)20(29)28(11-9-26-27-10-11)13-5-3-4-6-24-13/h3-10H,2H2,1H3,(H,26,27). The lowest BCUT2D eigenvalue weighted by Crippen LogP contribution is -2.29. The predicted octanol–water partition coefficient (Wildman–Crippen LogP) is 4.89. The van der Waals surface area contributed by atoms with Crippen LogP contribution >= 0.6 is 11.3 Å². The molecule has 0 saturated heterocycles. The molecule has 152 valence electrons. The minimum Gasteiger partial charge on any atom is -0.284 e. The number of nitrogens with one attached hydrogen (secondary N) is 1. The Morgan fingerprint density at radius 1 is 1.13 bits per heavy atom. The van der Waals surface area contributed by atoms with Gasteiger partial charge in [-0.1, -0.05) is 13.0 Å². The molecule has 1 amide bonds. The van der Waals surface area contributed by atoms with E-state index < -0.39 is 40.0 Å². The number of aromatic nitrogens is 4. The average Bonchev–Trinajstić information content (AvgIpc) is 3.44. The summed E-state index contributed by atoms with van der Waals surface area (Å²) in [6.45, 7) is 1.52. The second kappa shape index (κ2) is 8.07. The maximum atomic E-state index is 15.4. The monoisotopic (exact) mass is 429 g/mol. The van der Waals surface area contributed by atoms with E-state index in [1.807, 2.05) is 0 Å². The van der Waals surface area contributed by atoms with E-state index in [9.17, 15) is 9.18 Å². The number of rotatable bonds is 5. The number of hydrogen-bond donors (Lipinski definition) is 1. The summed E-state index contributed by atoms with van der Waals surface area (Å²) >= 11 is 0.987. The quantitative estimate of drug-likeness (QED) is 0.490. The number of H-pyrrole nitrogens is 1. The highest BCUT2D eigenvalue weighted by Gasteiger charge is 2.33. The molecule has 1 aromatic carbocycles. The third-order valence-electron chi connectivity index (χ3n) is 4.44. The Morgan fingerprint density at radius 2 is 1.97 bits per heavy atom. The second-order valence-electron chi connectivity index (χ2n) is 6.15. The van der Waals surface area contributed by atoms with Crippen LogP contribution in [0, 0.1) is 17.5 Å². The zero-order valence-corrected chi connectivity index (χ0v) is 16.4. The van der Waals surface area contributed by atoms with Crippen LogP contribution < -0.4 is 4.90 Å². The Hall–Kier alpha value is -3.53. The third-order valence-corrected chi connectivity index (χ3v) is 5.24. The van der Waals surface area contributed by atoms with E-state index in [0.717, 1.165) is 16.2 Å². The molecule has 3 aromatic heterocycles. The molecule has 1 N–H and O–H groups in total. The van der Waals surface area contributed by atoms with E-state index in [1.54, 1.807) is 12.1 Å². The largest absolute Gasteiger partial charge is 0.284 e. The van der Waals surface area contributed by atoms with E-state index in [4.69, 9.17) is 0 Å². The van der Waals surface area contributed by atoms with Gasteiger partial charge in [0.05, 0.1) is 17.4 Å². The molecule has 4 rings (SSSR count). The van der Waals surface area contributed by atoms with Gasteiger partial charge in [-0.15, -0.1) is 11.3 Å². The van der Waals surface area contributed by atoms with Crippen LogP contribution in [0.15, 0.2) is 48.4 Å². The van der Waals surface area contributed by atoms with Crippen molar-refractivity contribution in [3.05, 3.63) is 76.9 Å². The minimum absolute atomic E-state index is 0.0152. The van der Waals surface area contributed by atoms with Gasteiger partial charge in [0.25, 0.3) is 5.91 Å². The van der Waals surface area contributed by atoms with Gasteiger partial charge in [0.2, 0.25) is 0 Å². The molecule has 6 nitrogen and oxygen atoms in total. The number of pyridine rings is 1. The second-order valence-corrected chi connectivity index (χ2v) is 7.04. The van der Waals surface area contributed by atoms with Crippen LogP contribution in [0.2, 0.25) is 0 Å². The highest BCUT2D eigenvalue weighted by Crippen LogP contribution is 2.36. The van der Waals surface area contributed by atoms with Gasteiger partial charge >= 0.3 is 0 Å². The van der Waals surface area contributed by atoms with Crippen LogP contribution in [-0.2, 0) is 6.42 Å². The molecular weight excluding hydrogens is 415 g/mol. The fraction of sp³-hybridized carbons (Fsp3) is 0.100. The summed E-state index contributed by atoms with van der Waals surface area (Å²) < 4.78 is 45.6. The van der Waals surface area contributed by atoms with E-state index >= 15 is 8.78 Å². The Balaban J connectivity index is 1.97. The van der Waals surface area contributed by atoms with Gasteiger partial charge in [-0.2, -0.15) is 5.10 Å². The molecule has 3 heterocycles. The number of carbonyl (C=O) groups is 1. The topological polar surface area (TPSA) is 74.8 Å². The van der Waals surface area contributed by atoms with Gasteiger partial charge in [0, 0.05) is 29.5 Å². The first-order valence-corrected chi connectivity index (χ1v) is 9.76. The first-order chi connectivity index (χ1) is 14.5. The molecule has 0 atom stereocenters. The lowest BCUT2D eigenvalue weighted by atomic mass is 9.99. The van der Waals surface area contributed by atoms with E-state index in [2.05, 4.69) is 20.2 Å². The fourth-order valence-electron chi connectivity index (χ4n) is 3.07. The van der Waals surface area contributed by atoms with Crippen molar-refractivity contribution < 1.29 is 18.0 Å². The Bertz CT molecular complexity index is 1180. The number of hydrogen-bond acceptors (Lipinski definition) is 5. The molecule has 0 saturated carbocycles. The number of carbonyl (C=O) groups excluding carboxylic acids is 1. The number of aromatic amines is 1. The molecule has 0 unspecified atom stereocenters. The average molecular weight is 429 g/mol. The molecule has 0 aliphatic rings. The van der Waals surface area contributed by atoms with Crippen molar-refractivity contribution in [1.82, 2.24) is 20.2 Å². The van der Waals surface area contributed by atoms with Crippen LogP contribution in [0.5, 0.6) is 0 Å². The lowest BCUT2D eigenvalue weighted by molar-refractivity contribution is 0.0990. The summed E-state index contributed by atoms with van der Waals surface area (Å²) in [6, 6.07) is 4.77. The maximum absolute atomic E-state index is 15.4. The fourth-order valence-corrected chi connectivity index (χ4v) is 3.74. The summed E-state index contributed by atoms with van der Waals surface area (Å²) in [5.74, 6) is -4.54. The van der Waals surface area contributed by atoms with Gasteiger partial charge < -0.3 is 0 Å². The van der Waals surface area contributed by atoms with Crippen molar-refractivity contribution in [3.63, 3.8) is 0 Å². The number of halogens is 3. The van der Waals surface area contributed by atoms with Gasteiger partial charge in [-0.05, 0) is 18.6 Å². The highest BCUT2D eigenvalue weighted by atomic mass is 32.1. The summed E-state index contributed by atoms with van der Waals surface area (Å²) in [4.78, 5) is 22.5. The number of amides is 1. The third kappa shape index (κ3) is 3.24. The SMILES string of the molecule is CCc1c(F)c(C(=O)N(c2cn[nH]c2)c2ccccn2)c(F)c(-c2nccs2)c1F. The number of thiazole rings is 1. The molecular formula is C20H14F3N5OS. The smallest absolute Gasteiger partial charge is 0.270 e. The van der Waals surface area contributed by atoms with Crippen LogP contribution in [0.25, 0.3) is 10.6 Å². The van der Waals surface area contributed by atoms with Gasteiger partial charge in [-0.3, -0.25) is 14.8 Å². The molecule has 0 radical (unpaired) electrons. The minimum atomic E-state index is -1.31. The zero-order chi connectivity index (χ0) is 21.3. The maximum Gasteiger partial charge on any atom is 0.270 e. The molecule has 10 heteroatoms. The summed E-state index contributed by atoms with van der Waals surface area (Å²) in [7, 11) is 0. The van der Waals surface area contributed by atoms with Gasteiger partial charge in [0.1, 0.15) is 28.0 Å². The zero-order valence-electron chi connectivity index (χ0n) is 15.6. The van der Waals surface area contributed by atoms with Crippen LogP contribution in [0.4, 0.5) is 24.7 Å². The molecule has 4 aromatic rings. The Morgan fingerprint density at radius 3 is 2.57 bits per heavy atom. The molecule has 0 bridgehead atoms. The highest BCUT2D eigenvalue weighted by molar-refractivity contribution is 7.13. The lowest BCUT2D eigenvalue weighted by Gasteiger charge is -2.22. The summed E-state index contributed by atoms with van der Waals surface area (Å²) in [5.41, 5.74) is -1.58. The Labute approximate surface area is 173 Å². The molecule has 0 fully saturated rings. The van der Waals surface area contributed by atoms with Crippen molar-refractivity contribution in [3.8, 4) is 10.6 Å². The van der Waals surface area contributed by atoms with Crippen LogP contribution in [-0.4, -0.2) is 26.1 Å². The number of nitrogens with zero attached hydrogens (tertiary/aromatic N) is 4. The van der Waals surface area contributed by atoms with E-state index in [-0.39, 0.29) is 22.9 Å². The predicted molar refractivity (Wildman–Crippen MR) is 106 cm³/mol. The molecule has 30 heavy (non-hydrogen) atoms. The van der Waals surface area contributed by atoms with Crippen molar-refractivity contribution in [2.45, 2.75) is 13.3 Å². The van der Waals surface area contributed by atoms with Crippen molar-refractivity contribution in [1.29, 1.82) is 0 Å². The van der Waals surface area contributed by atoms with Crippen LogP contribution in [0.3, 0.4) is 0 Å². The summed E-state index contributed by atoms with van der Waals surface area (Å²) in [6.07, 6.45) is 5.43. The summed E-state index contributed by atoms with van der Waals surface area (Å²) in [5, 5.41) is 7.90. The van der Waals surface area contributed by atoms with Gasteiger partial charge in [0.15, 0.2) is 5.82 Å². The molecule has 0 spiro atoms. The van der Waals surface area contributed by atoms with Crippen molar-refractivity contribution >= 4 is 28.7 Å². The first kappa shape index (κ1) is 19.8. The van der Waals surface area contributed by atoms with E-state index in [0.29, 0.717) is 0 Å².